The highest BCUT2D eigenvalue weighted by Crippen LogP contribution is 2.54. The van der Waals surface area contributed by atoms with E-state index in [4.69, 9.17) is 14.3 Å². The zero-order valence-corrected chi connectivity index (χ0v) is 23.3. The molecule has 1 saturated heterocycles. The molecule has 226 valence electrons. The summed E-state index contributed by atoms with van der Waals surface area (Å²) in [6, 6.07) is 12.5. The second kappa shape index (κ2) is 11.3. The number of aromatic nitrogens is 2. The molecule has 4 atom stereocenters. The van der Waals surface area contributed by atoms with Gasteiger partial charge in [0.2, 0.25) is 5.82 Å². The minimum Gasteiger partial charge on any atom is -0.460 e. The van der Waals surface area contributed by atoms with E-state index in [0.29, 0.717) is 19.3 Å². The number of alkyl halides is 5. The Bertz CT molecular complexity index is 1410. The van der Waals surface area contributed by atoms with Crippen LogP contribution in [0.3, 0.4) is 0 Å². The van der Waals surface area contributed by atoms with Crippen LogP contribution < -0.4 is 10.2 Å². The Morgan fingerprint density at radius 1 is 1.14 bits per heavy atom. The predicted octanol–water partition coefficient (Wildman–Crippen LogP) is 7.12. The monoisotopic (exact) mass is 593 g/mol. The molecule has 1 saturated carbocycles. The topological polar surface area (TPSA) is 74.6 Å². The summed E-state index contributed by atoms with van der Waals surface area (Å²) in [6.07, 6.45) is -0.561. The van der Waals surface area contributed by atoms with Gasteiger partial charge >= 0.3 is 18.8 Å². The third-order valence-electron chi connectivity index (χ3n) is 7.66. The quantitative estimate of drug-likeness (QED) is 0.242. The van der Waals surface area contributed by atoms with Gasteiger partial charge in [0.15, 0.2) is 0 Å². The number of nitrogens with one attached hydrogen (secondary N) is 1. The fourth-order valence-electron chi connectivity index (χ4n) is 6.16. The van der Waals surface area contributed by atoms with Crippen LogP contribution in [0, 0.1) is 5.92 Å². The van der Waals surface area contributed by atoms with Crippen LogP contribution >= 0.6 is 0 Å². The highest BCUT2D eigenvalue weighted by atomic mass is 19.4. The molecular formula is C30H32F5N3O4. The molecule has 1 aliphatic heterocycles. The summed E-state index contributed by atoms with van der Waals surface area (Å²) in [6.45, 7) is 2.24. The van der Waals surface area contributed by atoms with Gasteiger partial charge < -0.3 is 9.47 Å². The molecule has 5 rings (SSSR count). The fraction of sp³-hybridized carbons (Fsp3) is 0.467. The van der Waals surface area contributed by atoms with Crippen LogP contribution in [0.2, 0.25) is 0 Å². The summed E-state index contributed by atoms with van der Waals surface area (Å²) in [5.74, 6) is -2.68. The molecule has 2 aromatic carbocycles. The van der Waals surface area contributed by atoms with Gasteiger partial charge in [0.1, 0.15) is 11.4 Å². The third kappa shape index (κ3) is 6.14. The number of esters is 1. The van der Waals surface area contributed by atoms with Crippen LogP contribution in [-0.4, -0.2) is 33.3 Å². The van der Waals surface area contributed by atoms with Gasteiger partial charge in [0.05, 0.1) is 17.6 Å². The van der Waals surface area contributed by atoms with Gasteiger partial charge in [-0.1, -0.05) is 30.3 Å². The van der Waals surface area contributed by atoms with Crippen molar-refractivity contribution in [3.05, 3.63) is 77.9 Å². The molecule has 0 bridgehead atoms. The first-order valence-electron chi connectivity index (χ1n) is 13.7. The molecule has 1 aliphatic carbocycles. The van der Waals surface area contributed by atoms with Crippen molar-refractivity contribution >= 4 is 5.97 Å². The van der Waals surface area contributed by atoms with Crippen molar-refractivity contribution < 1.29 is 41.1 Å². The number of halogens is 5. The minimum atomic E-state index is -4.73. The summed E-state index contributed by atoms with van der Waals surface area (Å²) < 4.78 is 79.0. The Labute approximate surface area is 239 Å². The average Bonchev–Trinajstić information content (AvgIpc) is 3.57. The predicted molar refractivity (Wildman–Crippen MR) is 142 cm³/mol. The Balaban J connectivity index is 1.54. The molecule has 0 amide bonds. The highest BCUT2D eigenvalue weighted by molar-refractivity contribution is 5.75. The lowest BCUT2D eigenvalue weighted by atomic mass is 9.64. The first-order chi connectivity index (χ1) is 19.8. The van der Waals surface area contributed by atoms with Crippen molar-refractivity contribution in [3.63, 3.8) is 0 Å². The maximum atomic E-state index is 13.6. The molecule has 2 aliphatic rings. The Morgan fingerprint density at radius 3 is 2.55 bits per heavy atom. The molecule has 3 aromatic rings. The smallest absolute Gasteiger partial charge is 0.450 e. The van der Waals surface area contributed by atoms with E-state index in [0.717, 1.165) is 22.5 Å². The number of carbonyl (C=O) groups excluding carboxylic acids is 1. The van der Waals surface area contributed by atoms with E-state index in [1.165, 1.54) is 18.2 Å². The van der Waals surface area contributed by atoms with Crippen LogP contribution in [0.5, 0.6) is 5.75 Å². The van der Waals surface area contributed by atoms with E-state index in [2.05, 4.69) is 10.5 Å². The number of imidazole rings is 1. The zero-order valence-electron chi connectivity index (χ0n) is 23.3. The minimum absolute atomic E-state index is 0.0640. The van der Waals surface area contributed by atoms with Crippen molar-refractivity contribution in [2.24, 2.45) is 5.92 Å². The summed E-state index contributed by atoms with van der Waals surface area (Å²) in [7, 11) is 0. The molecule has 1 unspecified atom stereocenters. The Morgan fingerprint density at radius 2 is 1.88 bits per heavy atom. The number of rotatable bonds is 6. The van der Waals surface area contributed by atoms with Crippen molar-refractivity contribution in [1.29, 1.82) is 0 Å². The van der Waals surface area contributed by atoms with Crippen LogP contribution in [0.15, 0.2) is 60.9 Å². The number of benzene rings is 2. The second-order valence-electron chi connectivity index (χ2n) is 11.7. The zero-order chi connectivity index (χ0) is 30.3. The molecule has 2 heterocycles. The lowest BCUT2D eigenvalue weighted by Gasteiger charge is -2.44. The Hall–Kier alpha value is -3.51. The molecule has 1 spiro atoms. The summed E-state index contributed by atoms with van der Waals surface area (Å²) in [4.78, 5) is 23.2. The van der Waals surface area contributed by atoms with E-state index in [9.17, 15) is 26.7 Å². The second-order valence-corrected chi connectivity index (χ2v) is 11.7. The fourth-order valence-corrected chi connectivity index (χ4v) is 6.16. The van der Waals surface area contributed by atoms with Crippen molar-refractivity contribution in [2.75, 3.05) is 0 Å². The first kappa shape index (κ1) is 30.0. The SMILES string of the molecule is CC(C)(C)OC(=O)C1CCC[C@@]2(C[C@H](c3cc(-n4ccnc4C(F)(F)F)ccc3OC(F)F)NO2)[C@@H]1c1ccccc1. The van der Waals surface area contributed by atoms with E-state index < -0.39 is 47.7 Å². The van der Waals surface area contributed by atoms with E-state index in [-0.39, 0.29) is 29.4 Å². The van der Waals surface area contributed by atoms with E-state index in [1.807, 2.05) is 30.3 Å². The molecule has 42 heavy (non-hydrogen) atoms. The number of nitrogens with zero attached hydrogens (tertiary/aromatic N) is 2. The summed E-state index contributed by atoms with van der Waals surface area (Å²) >= 11 is 0. The number of hydroxylamine groups is 1. The maximum Gasteiger partial charge on any atom is 0.450 e. The molecule has 1 aromatic heterocycles. The van der Waals surface area contributed by atoms with Crippen molar-refractivity contribution in [1.82, 2.24) is 15.0 Å². The van der Waals surface area contributed by atoms with Crippen LogP contribution in [-0.2, 0) is 20.5 Å². The van der Waals surface area contributed by atoms with Gasteiger partial charge in [-0.3, -0.25) is 14.2 Å². The normalized spacial score (nSPS) is 24.7. The number of carbonyl (C=O) groups is 1. The van der Waals surface area contributed by atoms with E-state index in [1.54, 1.807) is 20.8 Å². The van der Waals surface area contributed by atoms with Crippen LogP contribution in [0.25, 0.3) is 5.69 Å². The summed E-state index contributed by atoms with van der Waals surface area (Å²) in [5.41, 5.74) is 2.43. The molecule has 0 radical (unpaired) electrons. The highest BCUT2D eigenvalue weighted by Gasteiger charge is 2.55. The van der Waals surface area contributed by atoms with Crippen LogP contribution in [0.1, 0.15) is 75.4 Å². The lowest BCUT2D eigenvalue weighted by molar-refractivity contribution is -0.170. The summed E-state index contributed by atoms with van der Waals surface area (Å²) in [5, 5.41) is 0. The lowest BCUT2D eigenvalue weighted by Crippen LogP contribution is -2.47. The standard InChI is InChI=1S/C30H32F5N3O4/c1-28(2,3)41-25(39)20-10-7-13-29(24(20)18-8-5-4-6-9-18)17-22(37-42-29)21-16-19(11-12-23(21)40-27(31)32)38-15-14-36-26(38)30(33,34)35/h4-6,8-9,11-12,14-16,20,22,24,27,37H,7,10,13,17H2,1-3H3/t20?,22-,24-,29-/m1/s1. The van der Waals surface area contributed by atoms with Gasteiger partial charge in [-0.2, -0.15) is 27.4 Å². The number of ether oxygens (including phenoxy) is 2. The van der Waals surface area contributed by atoms with Gasteiger partial charge in [-0.15, -0.1) is 0 Å². The molecular weight excluding hydrogens is 561 g/mol. The number of hydrogen-bond acceptors (Lipinski definition) is 6. The van der Waals surface area contributed by atoms with Crippen molar-refractivity contribution in [3.8, 4) is 11.4 Å². The maximum absolute atomic E-state index is 13.6. The van der Waals surface area contributed by atoms with Gasteiger partial charge in [-0.25, -0.2) is 4.98 Å². The first-order valence-corrected chi connectivity index (χ1v) is 13.7. The van der Waals surface area contributed by atoms with Crippen LogP contribution in [0.4, 0.5) is 22.0 Å². The average molecular weight is 594 g/mol. The van der Waals surface area contributed by atoms with Crippen molar-refractivity contribution in [2.45, 2.75) is 82.4 Å². The van der Waals surface area contributed by atoms with Gasteiger partial charge in [0, 0.05) is 36.0 Å². The molecule has 12 heteroatoms. The number of hydrogen-bond donors (Lipinski definition) is 1. The molecule has 2 fully saturated rings. The largest absolute Gasteiger partial charge is 0.460 e. The molecule has 1 N–H and O–H groups in total. The third-order valence-corrected chi connectivity index (χ3v) is 7.66. The Kier molecular flexibility index (Phi) is 8.06. The van der Waals surface area contributed by atoms with E-state index >= 15 is 0 Å². The molecule has 7 nitrogen and oxygen atoms in total. The van der Waals surface area contributed by atoms with Gasteiger partial charge in [-0.05, 0) is 63.8 Å². The van der Waals surface area contributed by atoms with Gasteiger partial charge in [0.25, 0.3) is 0 Å².